The van der Waals surface area contributed by atoms with Crippen LogP contribution in [0.25, 0.3) is 10.8 Å². The summed E-state index contributed by atoms with van der Waals surface area (Å²) in [6.45, 7) is 5.94. The lowest BCUT2D eigenvalue weighted by atomic mass is 9.68. The second-order valence-corrected chi connectivity index (χ2v) is 11.3. The molecule has 0 heterocycles. The van der Waals surface area contributed by atoms with E-state index in [4.69, 9.17) is 0 Å². The number of allylic oxidation sites excluding steroid dienone is 3. The predicted octanol–water partition coefficient (Wildman–Crippen LogP) is 10.1. The summed E-state index contributed by atoms with van der Waals surface area (Å²) >= 11 is 0. The van der Waals surface area contributed by atoms with Gasteiger partial charge in [-0.05, 0) is 123 Å². The highest BCUT2D eigenvalue weighted by Gasteiger charge is 2.30. The van der Waals surface area contributed by atoms with E-state index < -0.39 is 11.6 Å². The highest BCUT2D eigenvalue weighted by atomic mass is 19.2. The van der Waals surface area contributed by atoms with E-state index >= 15 is 0 Å². The van der Waals surface area contributed by atoms with Gasteiger partial charge in [0, 0.05) is 5.39 Å². The number of unbranched alkanes of at least 4 members (excludes halogenated alkanes) is 1. The Labute approximate surface area is 211 Å². The second kappa shape index (κ2) is 12.8. The molecule has 0 aromatic heterocycles. The minimum Gasteiger partial charge on any atom is -0.203 e. The third kappa shape index (κ3) is 6.83. The minimum absolute atomic E-state index is 0.422. The SMILES string of the molecule is C=CCCc1cc2ccc(CCC3CCC(C4CCC(/C=C/CCC)CC4)CC3)cc2c(F)c1F. The number of aryl methyl sites for hydroxylation is 2. The molecule has 2 aliphatic carbocycles. The van der Waals surface area contributed by atoms with Crippen LogP contribution in [0.2, 0.25) is 0 Å². The molecule has 0 bridgehead atoms. The van der Waals surface area contributed by atoms with E-state index in [0.29, 0.717) is 23.8 Å². The molecule has 190 valence electrons. The maximum atomic E-state index is 14.8. The van der Waals surface area contributed by atoms with Gasteiger partial charge in [0.05, 0.1) is 0 Å². The van der Waals surface area contributed by atoms with Crippen molar-refractivity contribution in [3.05, 3.63) is 71.8 Å². The molecule has 2 aliphatic rings. The molecular formula is C33H44F2. The molecule has 2 aromatic rings. The van der Waals surface area contributed by atoms with Gasteiger partial charge in [0.2, 0.25) is 0 Å². The van der Waals surface area contributed by atoms with E-state index in [1.165, 1.54) is 64.2 Å². The van der Waals surface area contributed by atoms with E-state index in [2.05, 4.69) is 31.7 Å². The quantitative estimate of drug-likeness (QED) is 0.298. The van der Waals surface area contributed by atoms with Crippen molar-refractivity contribution in [2.24, 2.45) is 23.7 Å². The monoisotopic (exact) mass is 478 g/mol. The van der Waals surface area contributed by atoms with Crippen molar-refractivity contribution in [1.29, 1.82) is 0 Å². The van der Waals surface area contributed by atoms with E-state index in [0.717, 1.165) is 47.5 Å². The second-order valence-electron chi connectivity index (χ2n) is 11.3. The van der Waals surface area contributed by atoms with Gasteiger partial charge in [0.25, 0.3) is 0 Å². The van der Waals surface area contributed by atoms with Gasteiger partial charge >= 0.3 is 0 Å². The zero-order chi connectivity index (χ0) is 24.6. The van der Waals surface area contributed by atoms with E-state index in [9.17, 15) is 8.78 Å². The van der Waals surface area contributed by atoms with Crippen LogP contribution in [0.4, 0.5) is 8.78 Å². The molecule has 0 amide bonds. The molecule has 0 atom stereocenters. The molecular weight excluding hydrogens is 434 g/mol. The Morgan fingerprint density at radius 2 is 1.57 bits per heavy atom. The van der Waals surface area contributed by atoms with Crippen LogP contribution in [0.3, 0.4) is 0 Å². The highest BCUT2D eigenvalue weighted by molar-refractivity contribution is 5.84. The van der Waals surface area contributed by atoms with Crippen LogP contribution in [0, 0.1) is 35.3 Å². The van der Waals surface area contributed by atoms with Gasteiger partial charge < -0.3 is 0 Å². The molecule has 0 aliphatic heterocycles. The maximum absolute atomic E-state index is 14.8. The van der Waals surface area contributed by atoms with Crippen molar-refractivity contribution in [1.82, 2.24) is 0 Å². The van der Waals surface area contributed by atoms with Crippen LogP contribution in [0.15, 0.2) is 49.1 Å². The van der Waals surface area contributed by atoms with Gasteiger partial charge in [-0.3, -0.25) is 0 Å². The smallest absolute Gasteiger partial charge is 0.166 e. The van der Waals surface area contributed by atoms with Gasteiger partial charge in [-0.1, -0.05) is 56.5 Å². The molecule has 4 rings (SSSR count). The normalized spacial score (nSPS) is 25.3. The number of halogens is 2. The first kappa shape index (κ1) is 26.1. The summed E-state index contributed by atoms with van der Waals surface area (Å²) in [4.78, 5) is 0. The lowest BCUT2D eigenvalue weighted by Gasteiger charge is -2.37. The van der Waals surface area contributed by atoms with Crippen LogP contribution in [0.1, 0.15) is 95.1 Å². The molecule has 0 saturated heterocycles. The number of fused-ring (bicyclic) bond motifs is 1. The molecule has 0 N–H and O–H groups in total. The molecule has 2 fully saturated rings. The molecule has 0 radical (unpaired) electrons. The lowest BCUT2D eigenvalue weighted by Crippen LogP contribution is -2.25. The lowest BCUT2D eigenvalue weighted by molar-refractivity contribution is 0.152. The average Bonchev–Trinajstić information content (AvgIpc) is 2.90. The van der Waals surface area contributed by atoms with Crippen LogP contribution >= 0.6 is 0 Å². The predicted molar refractivity (Wildman–Crippen MR) is 146 cm³/mol. The van der Waals surface area contributed by atoms with Crippen molar-refractivity contribution in [2.75, 3.05) is 0 Å². The standard InChI is InChI=1S/C33H44F2/c1-3-5-7-8-24-12-17-27(18-13-24)28-19-14-25(15-20-28)10-11-26-16-21-29-23-30(9-6-4-2)32(34)33(35)31(29)22-26/h4,7-8,16,21-25,27-28H,2-3,5-6,9-15,17-20H2,1H3/b8-7+. The molecule has 0 nitrogen and oxygen atoms in total. The van der Waals surface area contributed by atoms with Crippen molar-refractivity contribution >= 4 is 10.8 Å². The fraction of sp³-hybridized carbons (Fsp3) is 0.576. The van der Waals surface area contributed by atoms with Gasteiger partial charge in [-0.25, -0.2) is 8.78 Å². The topological polar surface area (TPSA) is 0 Å². The zero-order valence-electron chi connectivity index (χ0n) is 21.7. The number of benzene rings is 2. The first-order valence-corrected chi connectivity index (χ1v) is 14.3. The van der Waals surface area contributed by atoms with Crippen LogP contribution in [-0.4, -0.2) is 0 Å². The van der Waals surface area contributed by atoms with Gasteiger partial charge in [-0.15, -0.1) is 6.58 Å². The van der Waals surface area contributed by atoms with Gasteiger partial charge in [-0.2, -0.15) is 0 Å². The highest BCUT2D eigenvalue weighted by Crippen LogP contribution is 2.42. The molecule has 2 heteroatoms. The Morgan fingerprint density at radius 1 is 0.857 bits per heavy atom. The molecule has 2 saturated carbocycles. The molecule has 0 spiro atoms. The fourth-order valence-corrected chi connectivity index (χ4v) is 6.61. The van der Waals surface area contributed by atoms with Crippen LogP contribution in [-0.2, 0) is 12.8 Å². The molecule has 35 heavy (non-hydrogen) atoms. The first-order chi connectivity index (χ1) is 17.1. The number of hydrogen-bond acceptors (Lipinski definition) is 0. The summed E-state index contributed by atoms with van der Waals surface area (Å²) in [7, 11) is 0. The summed E-state index contributed by atoms with van der Waals surface area (Å²) in [5.41, 5.74) is 1.58. The largest absolute Gasteiger partial charge is 0.203 e. The summed E-state index contributed by atoms with van der Waals surface area (Å²) < 4.78 is 29.3. The van der Waals surface area contributed by atoms with Gasteiger partial charge in [0.1, 0.15) is 0 Å². The Bertz CT molecular complexity index is 988. The van der Waals surface area contributed by atoms with E-state index in [-0.39, 0.29) is 0 Å². The maximum Gasteiger partial charge on any atom is 0.166 e. The van der Waals surface area contributed by atoms with Crippen molar-refractivity contribution in [3.63, 3.8) is 0 Å². The summed E-state index contributed by atoms with van der Waals surface area (Å²) in [5, 5.41) is 1.22. The van der Waals surface area contributed by atoms with Gasteiger partial charge in [0.15, 0.2) is 11.6 Å². The van der Waals surface area contributed by atoms with Crippen LogP contribution < -0.4 is 0 Å². The summed E-state index contributed by atoms with van der Waals surface area (Å²) in [5.74, 6) is 2.09. The summed E-state index contributed by atoms with van der Waals surface area (Å²) in [6, 6.07) is 7.76. The minimum atomic E-state index is -0.695. The third-order valence-electron chi connectivity index (χ3n) is 8.86. The van der Waals surface area contributed by atoms with E-state index in [1.54, 1.807) is 12.1 Å². The van der Waals surface area contributed by atoms with Crippen molar-refractivity contribution < 1.29 is 8.78 Å². The number of rotatable bonds is 10. The van der Waals surface area contributed by atoms with Crippen LogP contribution in [0.5, 0.6) is 0 Å². The third-order valence-corrected chi connectivity index (χ3v) is 8.86. The van der Waals surface area contributed by atoms with Crippen molar-refractivity contribution in [2.45, 2.75) is 96.8 Å². The van der Waals surface area contributed by atoms with E-state index in [1.807, 2.05) is 12.1 Å². The molecule has 2 aromatic carbocycles. The Kier molecular flexibility index (Phi) is 9.58. The van der Waals surface area contributed by atoms with Crippen molar-refractivity contribution in [3.8, 4) is 0 Å². The first-order valence-electron chi connectivity index (χ1n) is 14.3. The summed E-state index contributed by atoms with van der Waals surface area (Å²) in [6.07, 6.45) is 23.4. The fourth-order valence-electron chi connectivity index (χ4n) is 6.61. The number of hydrogen-bond donors (Lipinski definition) is 0. The zero-order valence-corrected chi connectivity index (χ0v) is 21.7. The molecule has 0 unspecified atom stereocenters. The average molecular weight is 479 g/mol. The Balaban J connectivity index is 1.25. The Morgan fingerprint density at radius 3 is 2.26 bits per heavy atom. The Hall–Kier alpha value is -1.96.